The fraction of sp³-hybridized carbons (Fsp3) is 0.286. The van der Waals surface area contributed by atoms with Crippen LogP contribution in [0.4, 0.5) is 37.7 Å². The molecule has 4 aromatic heterocycles. The fourth-order valence-electron chi connectivity index (χ4n) is 3.93. The fourth-order valence-corrected chi connectivity index (χ4v) is 4.93. The Labute approximate surface area is 222 Å². The van der Waals surface area contributed by atoms with Crippen LogP contribution in [0.1, 0.15) is 32.4 Å². The molecule has 0 fully saturated rings. The summed E-state index contributed by atoms with van der Waals surface area (Å²) in [6.07, 6.45) is -8.82. The van der Waals surface area contributed by atoms with E-state index in [-0.39, 0.29) is 27.0 Å². The lowest BCUT2D eigenvalue weighted by Crippen LogP contribution is -2.22. The maximum Gasteiger partial charge on any atom is 0.442 e. The van der Waals surface area contributed by atoms with E-state index in [4.69, 9.17) is 5.73 Å². The van der Waals surface area contributed by atoms with Gasteiger partial charge in [-0.3, -0.25) is 29.1 Å². The number of pyridine rings is 1. The predicted molar refractivity (Wildman–Crippen MR) is 127 cm³/mol. The van der Waals surface area contributed by atoms with Gasteiger partial charge in [0.05, 0.1) is 16.8 Å². The van der Waals surface area contributed by atoms with Crippen molar-refractivity contribution < 1.29 is 40.9 Å². The number of nitrogens with two attached hydrogens (primary N) is 1. The predicted octanol–water partition coefficient (Wildman–Crippen LogP) is 4.19. The number of amides is 2. The average molecular weight is 590 g/mol. The lowest BCUT2D eigenvalue weighted by Gasteiger charge is -2.12. The molecule has 212 valence electrons. The van der Waals surface area contributed by atoms with Gasteiger partial charge in [0, 0.05) is 23.7 Å². The molecule has 4 heterocycles. The van der Waals surface area contributed by atoms with E-state index in [0.29, 0.717) is 27.8 Å². The number of carbonyl (C=O) groups is 2. The largest absolute Gasteiger partial charge is 0.442 e. The highest BCUT2D eigenvalue weighted by molar-refractivity contribution is 7.21. The third-order valence-electron chi connectivity index (χ3n) is 5.89. The quantitative estimate of drug-likeness (QED) is 0.193. The van der Waals surface area contributed by atoms with Crippen LogP contribution in [0.15, 0.2) is 12.3 Å². The highest BCUT2D eigenvalue weighted by Gasteiger charge is 2.44. The smallest absolute Gasteiger partial charge is 0.365 e. The van der Waals surface area contributed by atoms with Crippen molar-refractivity contribution in [3.63, 3.8) is 0 Å². The van der Waals surface area contributed by atoms with E-state index in [1.54, 1.807) is 6.92 Å². The van der Waals surface area contributed by atoms with Crippen molar-refractivity contribution in [2.45, 2.75) is 32.7 Å². The SMILES string of the molecule is Cc1c(-c2cc(C(F)(F)F)nc3sc(C(N)=O)c(NC(=O)Cn4nc(C(F)(F)F)c([N+](=O)[O-])c4C)c23)cnn1C. The summed E-state index contributed by atoms with van der Waals surface area (Å²) < 4.78 is 82.7. The van der Waals surface area contributed by atoms with Crippen molar-refractivity contribution in [3.8, 4) is 11.1 Å². The standard InChI is InChI=1S/C21H16F6N8O4S/c1-7-10(5-29-33(7)3)9-4-11(20(22,23)24)30-19-13(9)14(16(40-19)18(28)37)31-12(36)6-34-8(2)15(35(38)39)17(32-34)21(25,26)27/h4-5H,6H2,1-3H3,(H2,28,37)(H,31,36). The number of hydrogen-bond acceptors (Lipinski definition) is 8. The van der Waals surface area contributed by atoms with Crippen LogP contribution >= 0.6 is 11.3 Å². The van der Waals surface area contributed by atoms with E-state index in [1.807, 2.05) is 0 Å². The Bertz CT molecular complexity index is 1700. The van der Waals surface area contributed by atoms with Crippen LogP contribution in [0.25, 0.3) is 21.3 Å². The Hall–Kier alpha value is -4.55. The normalized spacial score (nSPS) is 12.2. The number of aromatic nitrogens is 5. The molecule has 0 bridgehead atoms. The van der Waals surface area contributed by atoms with Gasteiger partial charge < -0.3 is 11.1 Å². The molecule has 2 amide bonds. The lowest BCUT2D eigenvalue weighted by molar-refractivity contribution is -0.388. The zero-order chi connectivity index (χ0) is 29.9. The van der Waals surface area contributed by atoms with Gasteiger partial charge in [0.2, 0.25) is 11.6 Å². The second-order valence-corrected chi connectivity index (χ2v) is 9.41. The zero-order valence-corrected chi connectivity index (χ0v) is 21.2. The van der Waals surface area contributed by atoms with Crippen LogP contribution in [0.2, 0.25) is 0 Å². The van der Waals surface area contributed by atoms with Crippen molar-refractivity contribution in [1.29, 1.82) is 0 Å². The molecule has 0 unspecified atom stereocenters. The highest BCUT2D eigenvalue weighted by atomic mass is 32.1. The Kier molecular flexibility index (Phi) is 6.81. The first-order valence-electron chi connectivity index (χ1n) is 10.8. The zero-order valence-electron chi connectivity index (χ0n) is 20.4. The Morgan fingerprint density at radius 2 is 1.77 bits per heavy atom. The maximum absolute atomic E-state index is 13.7. The van der Waals surface area contributed by atoms with E-state index in [1.165, 1.54) is 17.9 Å². The molecule has 0 atom stereocenters. The molecule has 0 aliphatic heterocycles. The number of rotatable bonds is 6. The summed E-state index contributed by atoms with van der Waals surface area (Å²) in [7, 11) is 1.54. The molecule has 0 aliphatic rings. The number of thiophene rings is 1. The number of anilines is 1. The number of nitro groups is 1. The van der Waals surface area contributed by atoms with Crippen molar-refractivity contribution in [2.24, 2.45) is 12.8 Å². The van der Waals surface area contributed by atoms with Gasteiger partial charge in [0.25, 0.3) is 5.91 Å². The summed E-state index contributed by atoms with van der Waals surface area (Å²) in [5.74, 6) is -2.24. The summed E-state index contributed by atoms with van der Waals surface area (Å²) in [5.41, 5.74) is 0.550. The number of aryl methyl sites for hydroxylation is 1. The first kappa shape index (κ1) is 28.5. The third-order valence-corrected chi connectivity index (χ3v) is 6.98. The van der Waals surface area contributed by atoms with Crippen LogP contribution in [0, 0.1) is 24.0 Å². The number of alkyl halides is 6. The first-order chi connectivity index (χ1) is 18.4. The highest BCUT2D eigenvalue weighted by Crippen LogP contribution is 2.44. The average Bonchev–Trinajstić information content (AvgIpc) is 3.46. The molecule has 4 aromatic rings. The number of nitrogens with one attached hydrogen (secondary N) is 1. The van der Waals surface area contributed by atoms with Crippen LogP contribution in [0.3, 0.4) is 0 Å². The summed E-state index contributed by atoms with van der Waals surface area (Å²) in [6.45, 7) is 1.54. The molecule has 0 spiro atoms. The lowest BCUT2D eigenvalue weighted by atomic mass is 10.0. The Balaban J connectivity index is 1.87. The van der Waals surface area contributed by atoms with E-state index in [9.17, 15) is 46.0 Å². The molecule has 40 heavy (non-hydrogen) atoms. The van der Waals surface area contributed by atoms with Gasteiger partial charge in [-0.25, -0.2) is 4.98 Å². The first-order valence-corrected chi connectivity index (χ1v) is 11.7. The van der Waals surface area contributed by atoms with Crippen molar-refractivity contribution in [2.75, 3.05) is 5.32 Å². The summed E-state index contributed by atoms with van der Waals surface area (Å²) in [6, 6.07) is 0.704. The number of fused-ring (bicyclic) bond motifs is 1. The number of primary amides is 1. The van der Waals surface area contributed by atoms with Gasteiger partial charge in [-0.05, 0) is 25.5 Å². The van der Waals surface area contributed by atoms with Crippen LogP contribution in [-0.2, 0) is 30.7 Å². The third kappa shape index (κ3) is 4.94. The number of carbonyl (C=O) groups excluding carboxylic acids is 2. The Morgan fingerprint density at radius 1 is 1.12 bits per heavy atom. The van der Waals surface area contributed by atoms with Crippen molar-refractivity contribution in [3.05, 3.63) is 50.0 Å². The molecule has 3 N–H and O–H groups in total. The van der Waals surface area contributed by atoms with Gasteiger partial charge in [0.15, 0.2) is 0 Å². The van der Waals surface area contributed by atoms with Gasteiger partial charge in [-0.1, -0.05) is 0 Å². The van der Waals surface area contributed by atoms with Crippen molar-refractivity contribution >= 4 is 44.7 Å². The van der Waals surface area contributed by atoms with E-state index < -0.39 is 63.3 Å². The summed E-state index contributed by atoms with van der Waals surface area (Å²) in [4.78, 5) is 38.0. The molecular formula is C21H16F6N8O4S. The van der Waals surface area contributed by atoms with Gasteiger partial charge in [0.1, 0.15) is 27.6 Å². The molecule has 0 saturated carbocycles. The second kappa shape index (κ2) is 9.57. The van der Waals surface area contributed by atoms with E-state index >= 15 is 0 Å². The molecule has 4 rings (SSSR count). The van der Waals surface area contributed by atoms with Gasteiger partial charge >= 0.3 is 18.0 Å². The Morgan fingerprint density at radius 3 is 2.25 bits per heavy atom. The van der Waals surface area contributed by atoms with E-state index in [0.717, 1.165) is 6.92 Å². The number of nitrogens with zero attached hydrogens (tertiary/aromatic N) is 6. The molecule has 19 heteroatoms. The molecular weight excluding hydrogens is 574 g/mol. The monoisotopic (exact) mass is 590 g/mol. The minimum absolute atomic E-state index is 0.101. The van der Waals surface area contributed by atoms with Crippen molar-refractivity contribution in [1.82, 2.24) is 24.5 Å². The summed E-state index contributed by atoms with van der Waals surface area (Å²) >= 11 is 0.461. The number of hydrogen-bond donors (Lipinski definition) is 2. The molecule has 0 saturated heterocycles. The van der Waals surface area contributed by atoms with Gasteiger partial charge in [-0.15, -0.1) is 11.3 Å². The topological polar surface area (TPSA) is 164 Å². The van der Waals surface area contributed by atoms with Gasteiger partial charge in [-0.2, -0.15) is 36.5 Å². The van der Waals surface area contributed by atoms with Crippen LogP contribution in [0.5, 0.6) is 0 Å². The molecule has 0 aliphatic carbocycles. The molecule has 0 aromatic carbocycles. The molecule has 0 radical (unpaired) electrons. The molecule has 12 nitrogen and oxygen atoms in total. The van der Waals surface area contributed by atoms with Crippen LogP contribution in [-0.4, -0.2) is 41.3 Å². The number of halogens is 6. The summed E-state index contributed by atoms with van der Waals surface area (Å²) in [5, 5.41) is 20.6. The van der Waals surface area contributed by atoms with Crippen LogP contribution < -0.4 is 11.1 Å². The maximum atomic E-state index is 13.7. The minimum Gasteiger partial charge on any atom is -0.365 e. The minimum atomic E-state index is -5.20. The van der Waals surface area contributed by atoms with E-state index in [2.05, 4.69) is 20.5 Å². The second-order valence-electron chi connectivity index (χ2n) is 8.41.